The largest absolute Gasteiger partial charge is 0.507 e. The number of piperidine rings is 1. The molecule has 0 bridgehead atoms. The molecule has 2 aromatic carbocycles. The van der Waals surface area contributed by atoms with Crippen molar-refractivity contribution in [1.82, 2.24) is 30.8 Å². The molecule has 0 spiro atoms. The first-order valence-electron chi connectivity index (χ1n) is 23.7. The number of carbonyl (C=O) groups is 4. The number of carbonyl (C=O) groups excluding carboxylic acids is 4. The number of amides is 4. The zero-order chi connectivity index (χ0) is 52.2. The highest BCUT2D eigenvalue weighted by molar-refractivity contribution is 14.1. The summed E-state index contributed by atoms with van der Waals surface area (Å²) in [4.78, 5) is 59.2. The van der Waals surface area contributed by atoms with E-state index in [0.717, 1.165) is 44.6 Å². The Balaban J connectivity index is 0.807. The zero-order valence-corrected chi connectivity index (χ0v) is 45.9. The van der Waals surface area contributed by atoms with Crippen LogP contribution in [0, 0.1) is 10.7 Å². The van der Waals surface area contributed by atoms with Crippen LogP contribution < -0.4 is 31.7 Å². The fourth-order valence-corrected chi connectivity index (χ4v) is 10.3. The van der Waals surface area contributed by atoms with Crippen LogP contribution in [0.2, 0.25) is 0 Å². The van der Waals surface area contributed by atoms with Crippen LogP contribution in [0.5, 0.6) is 17.2 Å². The van der Waals surface area contributed by atoms with Crippen LogP contribution in [-0.4, -0.2) is 149 Å². The van der Waals surface area contributed by atoms with Crippen LogP contribution in [0.1, 0.15) is 75.5 Å². The van der Waals surface area contributed by atoms with Crippen molar-refractivity contribution in [1.29, 1.82) is 0 Å². The number of anilines is 1. The highest BCUT2D eigenvalue weighted by Gasteiger charge is 2.39. The third kappa shape index (κ3) is 20.0. The number of nitrogens with one attached hydrogen (secondary N) is 4. The second-order valence-electron chi connectivity index (χ2n) is 17.4. The molecule has 2 saturated heterocycles. The Hall–Kier alpha value is -3.46. The SMILES string of the molecule is N[C@@H](Cc1cc(I)c(Oc2ccc(O)c(I)c2)c(I)c1)C(=O)NC1CCN(C(=O)CCCC(=O)NCCOCCC(=O)NCCCCCCOC[C@H]2OC[C@H](Nc3cncc(C(F)(F)F)n3)[C@H](O)[C@H]2O)CC1. The van der Waals surface area contributed by atoms with Gasteiger partial charge < -0.3 is 66.2 Å². The van der Waals surface area contributed by atoms with Crippen LogP contribution in [0.4, 0.5) is 19.0 Å². The first-order valence-corrected chi connectivity index (χ1v) is 26.9. The molecule has 0 unspecified atom stereocenters. The van der Waals surface area contributed by atoms with Gasteiger partial charge in [0.05, 0.1) is 61.6 Å². The van der Waals surface area contributed by atoms with E-state index in [9.17, 15) is 47.7 Å². The highest BCUT2D eigenvalue weighted by atomic mass is 127. The van der Waals surface area contributed by atoms with Crippen LogP contribution >= 0.6 is 67.8 Å². The van der Waals surface area contributed by atoms with E-state index in [-0.39, 0.29) is 93.5 Å². The first-order chi connectivity index (χ1) is 34.4. The number of likely N-dealkylation sites (tertiary alicyclic amines) is 1. The average molecular weight is 1350 g/mol. The Kier molecular flexibility index (Phi) is 24.9. The normalized spacial score (nSPS) is 18.8. The quantitative estimate of drug-likeness (QED) is 0.0378. The fourth-order valence-electron chi connectivity index (χ4n) is 7.72. The number of alkyl halides is 3. The van der Waals surface area contributed by atoms with E-state index in [0.29, 0.717) is 73.2 Å². The molecular formula is C47H62F3I3N8O11. The summed E-state index contributed by atoms with van der Waals surface area (Å²) in [7, 11) is 0. The molecular weight excluding hydrogens is 1290 g/mol. The fraction of sp³-hybridized carbons (Fsp3) is 0.574. The lowest BCUT2D eigenvalue weighted by Crippen LogP contribution is -2.57. The summed E-state index contributed by atoms with van der Waals surface area (Å²) in [6.07, 6.45) is -0.795. The monoisotopic (exact) mass is 1350 g/mol. The number of benzene rings is 2. The molecule has 5 rings (SSSR count). The van der Waals surface area contributed by atoms with Crippen molar-refractivity contribution in [2.75, 3.05) is 64.5 Å². The molecule has 4 amide bonds. The van der Waals surface area contributed by atoms with Gasteiger partial charge in [-0.05, 0) is 142 Å². The van der Waals surface area contributed by atoms with Gasteiger partial charge in [-0.25, -0.2) is 4.98 Å². The van der Waals surface area contributed by atoms with E-state index in [1.165, 1.54) is 0 Å². The van der Waals surface area contributed by atoms with Crippen LogP contribution in [-0.2, 0) is 46.0 Å². The topological polar surface area (TPSA) is 269 Å². The standard InChI is InChI=1S/C47H62F3I3N8O11/c48-47(49,50)38-24-55-25-39(60-38)59-35-26-71-37(44(67)43(35)66)27-70-17-4-2-1-3-13-56-41(64)12-18-69-19-14-57-40(63)6-5-7-42(65)61-15-10-29(11-16-61)58-46(68)34(54)22-28-20-32(52)45(33(53)21-28)72-30-8-9-36(62)31(51)23-30/h8-9,20-21,23-25,29,34-35,37,43-44,62,66-67H,1-7,10-19,22,26-27,54H2,(H,56,64)(H,57,63)(H,58,68)(H,59,60)/t34-,35-,37+,43-,44-/m0/s1. The maximum Gasteiger partial charge on any atom is 0.434 e. The summed E-state index contributed by atoms with van der Waals surface area (Å²) in [6, 6.07) is 7.15. The number of phenols is 1. The van der Waals surface area contributed by atoms with Crippen molar-refractivity contribution in [3.63, 3.8) is 0 Å². The van der Waals surface area contributed by atoms with E-state index in [2.05, 4.69) is 76.4 Å². The van der Waals surface area contributed by atoms with Gasteiger partial charge in [0.2, 0.25) is 23.6 Å². The summed E-state index contributed by atoms with van der Waals surface area (Å²) in [5, 5.41) is 42.1. The number of aromatic nitrogens is 2. The molecule has 2 aliphatic rings. The number of hydrogen-bond donors (Lipinski definition) is 8. The highest BCUT2D eigenvalue weighted by Crippen LogP contribution is 2.35. The minimum Gasteiger partial charge on any atom is -0.507 e. The first kappa shape index (κ1) is 59.4. The van der Waals surface area contributed by atoms with Crippen molar-refractivity contribution < 1.29 is 66.6 Å². The minimum atomic E-state index is -4.68. The van der Waals surface area contributed by atoms with Gasteiger partial charge in [-0.3, -0.25) is 24.2 Å². The summed E-state index contributed by atoms with van der Waals surface area (Å²) in [5.41, 5.74) is 6.04. The maximum atomic E-state index is 13.0. The average Bonchev–Trinajstić information content (AvgIpc) is 3.33. The minimum absolute atomic E-state index is 0.0209. The predicted octanol–water partition coefficient (Wildman–Crippen LogP) is 4.77. The van der Waals surface area contributed by atoms with Crippen molar-refractivity contribution in [2.45, 2.75) is 113 Å². The van der Waals surface area contributed by atoms with Gasteiger partial charge in [-0.1, -0.05) is 12.8 Å². The second kappa shape index (κ2) is 30.2. The molecule has 9 N–H and O–H groups in total. The molecule has 72 heavy (non-hydrogen) atoms. The van der Waals surface area contributed by atoms with Crippen molar-refractivity contribution in [3.05, 3.63) is 64.7 Å². The Morgan fingerprint density at radius 2 is 1.56 bits per heavy atom. The third-order valence-electron chi connectivity index (χ3n) is 11.7. The summed E-state index contributed by atoms with van der Waals surface area (Å²) >= 11 is 6.42. The van der Waals surface area contributed by atoms with E-state index in [1.807, 2.05) is 34.7 Å². The number of rotatable bonds is 27. The van der Waals surface area contributed by atoms with Crippen molar-refractivity contribution in [3.8, 4) is 17.2 Å². The number of aromatic hydroxyl groups is 1. The van der Waals surface area contributed by atoms with E-state index in [4.69, 9.17) is 24.7 Å². The van der Waals surface area contributed by atoms with Gasteiger partial charge in [-0.2, -0.15) is 13.2 Å². The predicted molar refractivity (Wildman–Crippen MR) is 283 cm³/mol. The van der Waals surface area contributed by atoms with Gasteiger partial charge in [0.15, 0.2) is 11.4 Å². The number of unbranched alkanes of at least 4 members (excludes halogenated alkanes) is 3. The molecule has 3 heterocycles. The number of ether oxygens (including phenoxy) is 4. The van der Waals surface area contributed by atoms with E-state index in [1.54, 1.807) is 23.1 Å². The third-order valence-corrected chi connectivity index (χ3v) is 14.2. The number of nitrogens with zero attached hydrogens (tertiary/aromatic N) is 3. The lowest BCUT2D eigenvalue weighted by molar-refractivity contribution is -0.159. The molecule has 25 heteroatoms. The molecule has 0 aliphatic carbocycles. The zero-order valence-electron chi connectivity index (χ0n) is 39.4. The lowest BCUT2D eigenvalue weighted by Gasteiger charge is -2.38. The van der Waals surface area contributed by atoms with Gasteiger partial charge in [-0.15, -0.1) is 0 Å². The number of phenolic OH excluding ortho intramolecular Hbond substituents is 1. The van der Waals surface area contributed by atoms with Gasteiger partial charge in [0, 0.05) is 58.1 Å². The van der Waals surface area contributed by atoms with Crippen LogP contribution in [0.25, 0.3) is 0 Å². The number of aliphatic hydroxyl groups is 2. The molecule has 1 aromatic heterocycles. The molecule has 2 aliphatic heterocycles. The van der Waals surface area contributed by atoms with Crippen molar-refractivity contribution >= 4 is 97.2 Å². The molecule has 3 aromatic rings. The van der Waals surface area contributed by atoms with Crippen LogP contribution in [0.3, 0.4) is 0 Å². The van der Waals surface area contributed by atoms with Crippen molar-refractivity contribution in [2.24, 2.45) is 5.73 Å². The number of hydrogen-bond acceptors (Lipinski definition) is 15. The van der Waals surface area contributed by atoms with Crippen LogP contribution in [0.15, 0.2) is 42.7 Å². The smallest absolute Gasteiger partial charge is 0.434 e. The Morgan fingerprint density at radius 3 is 2.28 bits per heavy atom. The van der Waals surface area contributed by atoms with E-state index < -0.39 is 42.3 Å². The lowest BCUT2D eigenvalue weighted by atomic mass is 9.98. The number of nitrogens with two attached hydrogens (primary N) is 1. The maximum absolute atomic E-state index is 13.0. The molecule has 19 nitrogen and oxygen atoms in total. The molecule has 0 saturated carbocycles. The Labute approximate surface area is 456 Å². The summed E-state index contributed by atoms with van der Waals surface area (Å²) in [5.74, 6) is 0.632. The molecule has 398 valence electrons. The molecule has 0 radical (unpaired) electrons. The second-order valence-corrected chi connectivity index (χ2v) is 20.9. The summed E-state index contributed by atoms with van der Waals surface area (Å²) < 4.78 is 64.0. The summed E-state index contributed by atoms with van der Waals surface area (Å²) in [6.45, 7) is 2.53. The van der Waals surface area contributed by atoms with Gasteiger partial charge in [0.1, 0.15) is 35.6 Å². The van der Waals surface area contributed by atoms with E-state index >= 15 is 0 Å². The molecule has 5 atom stereocenters. The number of aliphatic hydroxyl groups excluding tert-OH is 2. The number of halogens is 6. The molecule has 2 fully saturated rings. The Morgan fingerprint density at radius 1 is 0.847 bits per heavy atom. The Bertz CT molecular complexity index is 2230. The van der Waals surface area contributed by atoms with Gasteiger partial charge >= 0.3 is 6.18 Å². The van der Waals surface area contributed by atoms with Gasteiger partial charge in [0.25, 0.3) is 0 Å².